The monoisotopic (exact) mass is 690 g/mol. The molecule has 3 rings (SSSR count). The minimum absolute atomic E-state index is 0.0381. The molecule has 0 bridgehead atoms. The SMILES string of the molecule is CC/C=C/CC1C(=O)C=CC1CCCCCCCC(=O)OC(CO)CO[C@@H]1O[C@H](CO[C@@H]2O[C@H](CO)[C@H](O)[C@H](O)[C@H]2O)[C@H](O)[C@H](O)[C@H]1O. The molecule has 0 spiro atoms. The van der Waals surface area contributed by atoms with Gasteiger partial charge < -0.3 is 64.5 Å². The molecule has 0 aromatic heterocycles. The minimum atomic E-state index is -1.75. The fourth-order valence-corrected chi connectivity index (χ4v) is 6.02. The average Bonchev–Trinajstić information content (AvgIpc) is 3.43. The van der Waals surface area contributed by atoms with Gasteiger partial charge in [0.1, 0.15) is 54.9 Å². The summed E-state index contributed by atoms with van der Waals surface area (Å²) in [6, 6.07) is 0. The van der Waals surface area contributed by atoms with Crippen LogP contribution in [0.3, 0.4) is 0 Å². The number of esters is 1. The van der Waals surface area contributed by atoms with Crippen molar-refractivity contribution >= 4 is 11.8 Å². The summed E-state index contributed by atoms with van der Waals surface area (Å²) in [6.45, 7) is -0.124. The third kappa shape index (κ3) is 11.6. The lowest BCUT2D eigenvalue weighted by Crippen LogP contribution is -2.61. The molecular formula is C33H54O15. The molecule has 15 nitrogen and oxygen atoms in total. The smallest absolute Gasteiger partial charge is 0.306 e. The Kier molecular flexibility index (Phi) is 17.5. The van der Waals surface area contributed by atoms with Gasteiger partial charge in [-0.1, -0.05) is 50.8 Å². The first kappa shape index (κ1) is 40.6. The number of hydrogen-bond donors (Lipinski definition) is 8. The minimum Gasteiger partial charge on any atom is -0.457 e. The van der Waals surface area contributed by atoms with Crippen LogP contribution >= 0.6 is 0 Å². The molecule has 0 radical (unpaired) electrons. The van der Waals surface area contributed by atoms with Crippen molar-refractivity contribution in [1.82, 2.24) is 0 Å². The highest BCUT2D eigenvalue weighted by atomic mass is 16.7. The number of carbonyl (C=O) groups excluding carboxylic acids is 2. The van der Waals surface area contributed by atoms with Crippen molar-refractivity contribution in [1.29, 1.82) is 0 Å². The molecule has 48 heavy (non-hydrogen) atoms. The maximum Gasteiger partial charge on any atom is 0.306 e. The highest BCUT2D eigenvalue weighted by molar-refractivity contribution is 5.94. The van der Waals surface area contributed by atoms with Gasteiger partial charge in [-0.25, -0.2) is 0 Å². The van der Waals surface area contributed by atoms with E-state index in [9.17, 15) is 50.4 Å². The topological polar surface area (TPSA) is 242 Å². The van der Waals surface area contributed by atoms with Gasteiger partial charge in [-0.15, -0.1) is 0 Å². The van der Waals surface area contributed by atoms with E-state index in [1.54, 1.807) is 6.08 Å². The van der Waals surface area contributed by atoms with Crippen LogP contribution in [0.4, 0.5) is 0 Å². The Labute approximate surface area is 280 Å². The molecule has 2 saturated heterocycles. The first-order chi connectivity index (χ1) is 23.0. The Bertz CT molecular complexity index is 1020. The maximum absolute atomic E-state index is 12.4. The van der Waals surface area contributed by atoms with Crippen molar-refractivity contribution in [2.75, 3.05) is 26.4 Å². The van der Waals surface area contributed by atoms with Crippen LogP contribution in [0.15, 0.2) is 24.3 Å². The molecule has 0 amide bonds. The van der Waals surface area contributed by atoms with E-state index in [4.69, 9.17) is 23.7 Å². The largest absolute Gasteiger partial charge is 0.457 e. The lowest BCUT2D eigenvalue weighted by Gasteiger charge is -2.42. The molecule has 2 heterocycles. The molecule has 1 aliphatic carbocycles. The first-order valence-electron chi connectivity index (χ1n) is 16.9. The molecule has 2 aliphatic heterocycles. The van der Waals surface area contributed by atoms with Gasteiger partial charge >= 0.3 is 5.97 Å². The second kappa shape index (κ2) is 20.7. The predicted molar refractivity (Wildman–Crippen MR) is 167 cm³/mol. The third-order valence-electron chi connectivity index (χ3n) is 8.99. The molecule has 276 valence electrons. The van der Waals surface area contributed by atoms with E-state index in [-0.39, 0.29) is 24.0 Å². The summed E-state index contributed by atoms with van der Waals surface area (Å²) in [5.41, 5.74) is 0. The summed E-state index contributed by atoms with van der Waals surface area (Å²) >= 11 is 0. The lowest BCUT2D eigenvalue weighted by molar-refractivity contribution is -0.332. The second-order valence-electron chi connectivity index (χ2n) is 12.6. The van der Waals surface area contributed by atoms with Gasteiger partial charge in [0.25, 0.3) is 0 Å². The first-order valence-corrected chi connectivity index (χ1v) is 16.9. The van der Waals surface area contributed by atoms with Gasteiger partial charge in [-0.3, -0.25) is 9.59 Å². The Hall–Kier alpha value is -1.86. The fraction of sp³-hybridized carbons (Fsp3) is 0.818. The van der Waals surface area contributed by atoms with Crippen molar-refractivity contribution in [2.24, 2.45) is 11.8 Å². The normalized spacial score (nSPS) is 36.1. The number of ketones is 1. The molecule has 3 aliphatic rings. The number of aliphatic hydroxyl groups is 8. The van der Waals surface area contributed by atoms with E-state index in [0.29, 0.717) is 6.42 Å². The highest BCUT2D eigenvalue weighted by Gasteiger charge is 2.47. The molecule has 8 N–H and O–H groups in total. The number of ether oxygens (including phenoxy) is 5. The predicted octanol–water partition coefficient (Wildman–Crippen LogP) is -1.01. The Morgan fingerprint density at radius 2 is 1.46 bits per heavy atom. The summed E-state index contributed by atoms with van der Waals surface area (Å²) in [6.07, 6.45) is -1.79. The van der Waals surface area contributed by atoms with Crippen LogP contribution in [-0.4, -0.2) is 147 Å². The fourth-order valence-electron chi connectivity index (χ4n) is 6.02. The molecule has 0 aromatic carbocycles. The summed E-state index contributed by atoms with van der Waals surface area (Å²) in [5, 5.41) is 80.1. The van der Waals surface area contributed by atoms with Crippen LogP contribution < -0.4 is 0 Å². The number of hydrogen-bond acceptors (Lipinski definition) is 15. The van der Waals surface area contributed by atoms with Gasteiger partial charge in [0.05, 0.1) is 26.4 Å². The molecular weight excluding hydrogens is 636 g/mol. The average molecular weight is 691 g/mol. The summed E-state index contributed by atoms with van der Waals surface area (Å²) < 4.78 is 26.9. The molecule has 15 heteroatoms. The van der Waals surface area contributed by atoms with Crippen molar-refractivity contribution in [3.8, 4) is 0 Å². The molecule has 0 aromatic rings. The summed E-state index contributed by atoms with van der Waals surface area (Å²) in [7, 11) is 0. The van der Waals surface area contributed by atoms with E-state index >= 15 is 0 Å². The molecule has 0 saturated carbocycles. The van der Waals surface area contributed by atoms with Gasteiger partial charge in [0.15, 0.2) is 18.4 Å². The van der Waals surface area contributed by atoms with E-state index in [0.717, 1.165) is 44.9 Å². The zero-order valence-corrected chi connectivity index (χ0v) is 27.4. The standard InChI is InChI=1S/C33H54O15/c1-2-3-7-11-21-19(13-14-22(21)36)10-8-5-4-6-9-12-25(37)46-20(15-34)17-44-32-31(43)29(41)27(39)24(48-32)18-45-33-30(42)28(40)26(38)23(16-35)47-33/h3,7,13-14,19-21,23-24,26-35,38-43H,2,4-6,8-12,15-18H2,1H3/b7-3+/t19?,20?,21?,23-,24-,26+,27+,28+,29+,30-,31-,32-,33-/m1/s1. The van der Waals surface area contributed by atoms with Crippen LogP contribution in [0.2, 0.25) is 0 Å². The van der Waals surface area contributed by atoms with Gasteiger partial charge in [0.2, 0.25) is 0 Å². The Morgan fingerprint density at radius 3 is 2.12 bits per heavy atom. The number of unbranched alkanes of at least 4 members (excludes halogenated alkanes) is 4. The van der Waals surface area contributed by atoms with Crippen LogP contribution in [0.5, 0.6) is 0 Å². The van der Waals surface area contributed by atoms with E-state index in [1.165, 1.54) is 0 Å². The van der Waals surface area contributed by atoms with Crippen LogP contribution in [0, 0.1) is 11.8 Å². The van der Waals surface area contributed by atoms with Crippen molar-refractivity contribution in [2.45, 2.75) is 132 Å². The lowest BCUT2D eigenvalue weighted by atomic mass is 9.87. The Balaban J connectivity index is 1.34. The second-order valence-corrected chi connectivity index (χ2v) is 12.6. The van der Waals surface area contributed by atoms with Crippen molar-refractivity contribution in [3.05, 3.63) is 24.3 Å². The van der Waals surface area contributed by atoms with Crippen LogP contribution in [0.25, 0.3) is 0 Å². The maximum atomic E-state index is 12.4. The summed E-state index contributed by atoms with van der Waals surface area (Å²) in [4.78, 5) is 24.5. The van der Waals surface area contributed by atoms with Crippen LogP contribution in [0.1, 0.15) is 64.7 Å². The number of aliphatic hydroxyl groups excluding tert-OH is 8. The number of rotatable bonds is 20. The Morgan fingerprint density at radius 1 is 0.833 bits per heavy atom. The third-order valence-corrected chi connectivity index (χ3v) is 8.99. The van der Waals surface area contributed by atoms with Crippen molar-refractivity contribution in [3.63, 3.8) is 0 Å². The van der Waals surface area contributed by atoms with Gasteiger partial charge in [-0.05, 0) is 37.7 Å². The van der Waals surface area contributed by atoms with E-state index < -0.39 is 99.9 Å². The zero-order valence-electron chi connectivity index (χ0n) is 27.4. The van der Waals surface area contributed by atoms with E-state index in [1.807, 2.05) is 6.08 Å². The van der Waals surface area contributed by atoms with Crippen molar-refractivity contribution < 1.29 is 74.1 Å². The molecule has 3 unspecified atom stereocenters. The highest BCUT2D eigenvalue weighted by Crippen LogP contribution is 2.31. The zero-order chi connectivity index (χ0) is 35.2. The quantitative estimate of drug-likeness (QED) is 0.0434. The number of carbonyl (C=O) groups is 2. The number of allylic oxidation sites excluding steroid dienone is 4. The van der Waals surface area contributed by atoms with Crippen LogP contribution in [-0.2, 0) is 33.3 Å². The summed E-state index contributed by atoms with van der Waals surface area (Å²) in [5.74, 6) is -0.0258. The molecule has 2 fully saturated rings. The molecule has 13 atom stereocenters. The van der Waals surface area contributed by atoms with Gasteiger partial charge in [-0.2, -0.15) is 0 Å². The van der Waals surface area contributed by atoms with Gasteiger partial charge in [0, 0.05) is 12.3 Å². The van der Waals surface area contributed by atoms with E-state index in [2.05, 4.69) is 19.1 Å².